The Balaban J connectivity index is -0.0000000800. The van der Waals surface area contributed by atoms with E-state index in [2.05, 4.69) is 0 Å². The van der Waals surface area contributed by atoms with Gasteiger partial charge < -0.3 is 5.11 Å². The molecule has 1 N–H and O–H groups in total. The van der Waals surface area contributed by atoms with Crippen molar-refractivity contribution < 1.29 is 26.9 Å². The molecule has 0 aliphatic carbocycles. The van der Waals surface area contributed by atoms with Crippen molar-refractivity contribution in [1.82, 2.24) is 0 Å². The summed E-state index contributed by atoms with van der Waals surface area (Å²) in [5.74, 6) is 0. The van der Waals surface area contributed by atoms with Crippen molar-refractivity contribution in [3.8, 4) is 0 Å². The zero-order valence-electron chi connectivity index (χ0n) is 4.73. The molecule has 0 aromatic heterocycles. The molecule has 0 bridgehead atoms. The maximum Gasteiger partial charge on any atom is 0.0563 e. The molecule has 0 spiro atoms. The van der Waals surface area contributed by atoms with Crippen LogP contribution in [0.5, 0.6) is 0 Å². The summed E-state index contributed by atoms with van der Waals surface area (Å²) in [6.45, 7) is 5.23. The molecule has 0 unspecified atom stereocenters. The van der Waals surface area contributed by atoms with E-state index in [1.54, 1.807) is 20.8 Å². The molecule has 0 heterocycles. The van der Waals surface area contributed by atoms with Gasteiger partial charge in [0.2, 0.25) is 0 Å². The van der Waals surface area contributed by atoms with Gasteiger partial charge in [0.05, 0.1) is 5.60 Å². The normalized spacial score (nSPS) is 8.57. The number of rotatable bonds is 0. The van der Waals surface area contributed by atoms with Crippen LogP contribution in [-0.4, -0.2) is 10.7 Å². The third kappa shape index (κ3) is 743. The van der Waals surface area contributed by atoms with Crippen molar-refractivity contribution >= 4 is 0 Å². The maximum absolute atomic E-state index is 8.52. The summed E-state index contributed by atoms with van der Waals surface area (Å²) >= 11 is 0. The summed E-state index contributed by atoms with van der Waals surface area (Å²) in [5, 5.41) is 8.52. The average Bonchev–Trinajstić information content (AvgIpc) is 0.722. The first-order chi connectivity index (χ1) is 2.00. The smallest absolute Gasteiger partial charge is 0.0563 e. The Morgan fingerprint density at radius 2 is 1.14 bits per heavy atom. The van der Waals surface area contributed by atoms with Gasteiger partial charge in [0.15, 0.2) is 0 Å². The molecular weight excluding hydrogens is 138 g/mol. The van der Waals surface area contributed by atoms with Crippen LogP contribution in [0.15, 0.2) is 0 Å². The van der Waals surface area contributed by atoms with Gasteiger partial charge in [0, 0.05) is 17.1 Å². The van der Waals surface area contributed by atoms with Crippen molar-refractivity contribution in [2.24, 2.45) is 0 Å². The second-order valence-corrected chi connectivity index (χ2v) is 2.17. The summed E-state index contributed by atoms with van der Waals surface area (Å²) in [5.41, 5.74) is -0.500. The van der Waals surface area contributed by atoms with Gasteiger partial charge >= 0.3 is 0 Å². The quantitative estimate of drug-likeness (QED) is 0.508. The molecule has 0 aliphatic rings. The van der Waals surface area contributed by atoms with Crippen LogP contribution in [0.4, 0.5) is 4.70 Å². The molecule has 0 fully saturated rings. The summed E-state index contributed by atoms with van der Waals surface area (Å²) in [6.07, 6.45) is 0. The molecule has 1 nitrogen and oxygen atoms in total. The van der Waals surface area contributed by atoms with Crippen molar-refractivity contribution in [2.45, 2.75) is 26.4 Å². The predicted molar refractivity (Wildman–Crippen MR) is 24.5 cm³/mol. The minimum absolute atomic E-state index is 0. The fourth-order valence-electron chi connectivity index (χ4n) is 0. The minimum atomic E-state index is -0.500. The second-order valence-electron chi connectivity index (χ2n) is 2.17. The Bertz CT molecular complexity index is 27.2. The van der Waals surface area contributed by atoms with Crippen LogP contribution in [0, 0.1) is 0 Å². The first kappa shape index (κ1) is 15.7. The largest absolute Gasteiger partial charge is 0.391 e. The molecule has 0 rings (SSSR count). The Kier molecular flexibility index (Phi) is 10.2. The molecule has 7 heavy (non-hydrogen) atoms. The molecule has 0 aromatic carbocycles. The third-order valence-corrected chi connectivity index (χ3v) is 0. The third-order valence-electron chi connectivity index (χ3n) is 0. The van der Waals surface area contributed by atoms with E-state index in [-0.39, 0.29) is 21.8 Å². The van der Waals surface area contributed by atoms with E-state index in [1.165, 1.54) is 0 Å². The van der Waals surface area contributed by atoms with Crippen LogP contribution in [0.3, 0.4) is 0 Å². The molecule has 47 valence electrons. The van der Waals surface area contributed by atoms with E-state index in [0.29, 0.717) is 0 Å². The van der Waals surface area contributed by atoms with Crippen LogP contribution in [0.1, 0.15) is 20.8 Å². The van der Waals surface area contributed by atoms with E-state index in [0.717, 1.165) is 0 Å². The predicted octanol–water partition coefficient (Wildman–Crippen LogP) is 0.927. The number of aliphatic hydroxyl groups is 1. The fraction of sp³-hybridized carbons (Fsp3) is 1.00. The molecule has 0 aliphatic heterocycles. The fourth-order valence-corrected chi connectivity index (χ4v) is 0. The summed E-state index contributed by atoms with van der Waals surface area (Å²) in [6, 6.07) is 0. The molecule has 0 saturated heterocycles. The van der Waals surface area contributed by atoms with Gasteiger partial charge in [-0.3, -0.25) is 4.70 Å². The van der Waals surface area contributed by atoms with E-state index < -0.39 is 5.60 Å². The molecule has 0 saturated carbocycles. The zero-order valence-corrected chi connectivity index (χ0v) is 5.91. The molecule has 0 aromatic rings. The zero-order chi connectivity index (χ0) is 4.50. The topological polar surface area (TPSA) is 20.2 Å². The van der Waals surface area contributed by atoms with E-state index in [1.807, 2.05) is 0 Å². The van der Waals surface area contributed by atoms with E-state index in [4.69, 9.17) is 5.11 Å². The molecule has 1 radical (unpaired) electrons. The van der Waals surface area contributed by atoms with Crippen molar-refractivity contribution in [3.63, 3.8) is 0 Å². The van der Waals surface area contributed by atoms with Gasteiger partial charge in [0.1, 0.15) is 0 Å². The molecule has 0 atom stereocenters. The number of halogens is 1. The van der Waals surface area contributed by atoms with E-state index in [9.17, 15) is 0 Å². The minimum Gasteiger partial charge on any atom is -0.391 e. The maximum atomic E-state index is 8.52. The first-order valence-electron chi connectivity index (χ1n) is 1.72. The van der Waals surface area contributed by atoms with Gasteiger partial charge in [-0.05, 0) is 20.8 Å². The Morgan fingerprint density at radius 1 is 1.14 bits per heavy atom. The monoisotopic (exact) mass is 149 g/mol. The van der Waals surface area contributed by atoms with Gasteiger partial charge in [-0.15, -0.1) is 0 Å². The SMILES string of the molecule is CC(C)(C)O.F.[Mn]. The molecule has 3 heteroatoms. The summed E-state index contributed by atoms with van der Waals surface area (Å²) < 4.78 is 0. The van der Waals surface area contributed by atoms with Crippen molar-refractivity contribution in [2.75, 3.05) is 0 Å². The Hall–Kier alpha value is 0.409. The number of hydrogen-bond acceptors (Lipinski definition) is 1. The van der Waals surface area contributed by atoms with Gasteiger partial charge in [-0.25, -0.2) is 0 Å². The molecule has 0 amide bonds. The first-order valence-corrected chi connectivity index (χ1v) is 1.72. The Morgan fingerprint density at radius 3 is 1.14 bits per heavy atom. The Labute approximate surface area is 54.0 Å². The van der Waals surface area contributed by atoms with E-state index >= 15 is 0 Å². The standard InChI is InChI=1S/C4H10O.FH.Mn/c1-4(2,3)5;;/h5H,1-3H3;1H;. The summed E-state index contributed by atoms with van der Waals surface area (Å²) in [4.78, 5) is 0. The number of hydrogen-bond donors (Lipinski definition) is 1. The van der Waals surface area contributed by atoms with Gasteiger partial charge in [0.25, 0.3) is 0 Å². The average molecular weight is 149 g/mol. The van der Waals surface area contributed by atoms with Gasteiger partial charge in [-0.2, -0.15) is 0 Å². The van der Waals surface area contributed by atoms with Gasteiger partial charge in [-0.1, -0.05) is 0 Å². The van der Waals surface area contributed by atoms with Crippen molar-refractivity contribution in [3.05, 3.63) is 0 Å². The summed E-state index contributed by atoms with van der Waals surface area (Å²) in [7, 11) is 0. The van der Waals surface area contributed by atoms with Crippen LogP contribution >= 0.6 is 0 Å². The van der Waals surface area contributed by atoms with Crippen LogP contribution < -0.4 is 0 Å². The van der Waals surface area contributed by atoms with Crippen LogP contribution in [0.2, 0.25) is 0 Å². The van der Waals surface area contributed by atoms with Crippen LogP contribution in [-0.2, 0) is 17.1 Å². The van der Waals surface area contributed by atoms with Crippen molar-refractivity contribution in [1.29, 1.82) is 0 Å². The van der Waals surface area contributed by atoms with Crippen LogP contribution in [0.25, 0.3) is 0 Å². The second kappa shape index (κ2) is 4.57. The molecular formula is C4H11FMnO.